The monoisotopic (exact) mass is 352 g/mol. The Morgan fingerprint density at radius 1 is 1.29 bits per heavy atom. The quantitative estimate of drug-likeness (QED) is 0.563. The van der Waals surface area contributed by atoms with Crippen LogP contribution in [-0.4, -0.2) is 29.3 Å². The molecule has 1 aliphatic carbocycles. The Labute approximate surface area is 119 Å². The third kappa shape index (κ3) is 4.06. The first-order valence-electron chi connectivity index (χ1n) is 7.06. The van der Waals surface area contributed by atoms with Crippen LogP contribution in [0.25, 0.3) is 0 Å². The van der Waals surface area contributed by atoms with Crippen LogP contribution in [0.4, 0.5) is 0 Å². The number of halogens is 1. The molecule has 100 valence electrons. The lowest BCUT2D eigenvalue weighted by Gasteiger charge is -2.40. The highest BCUT2D eigenvalue weighted by atomic mass is 127. The van der Waals surface area contributed by atoms with E-state index in [1.807, 2.05) is 0 Å². The van der Waals surface area contributed by atoms with Crippen LogP contribution in [0.15, 0.2) is 0 Å². The highest BCUT2D eigenvalue weighted by Crippen LogP contribution is 2.37. The first-order valence-corrected chi connectivity index (χ1v) is 8.58. The summed E-state index contributed by atoms with van der Waals surface area (Å²) in [6.45, 7) is 4.11. The van der Waals surface area contributed by atoms with Crippen molar-refractivity contribution in [2.24, 2.45) is 5.92 Å². The predicted octanol–water partition coefficient (Wildman–Crippen LogP) is 3.96. The first-order chi connectivity index (χ1) is 8.24. The van der Waals surface area contributed by atoms with Crippen molar-refractivity contribution in [2.45, 2.75) is 63.6 Å². The van der Waals surface area contributed by atoms with Crippen molar-refractivity contribution in [3.8, 4) is 0 Å². The van der Waals surface area contributed by atoms with Gasteiger partial charge >= 0.3 is 0 Å². The Hall–Kier alpha value is 0.650. The highest BCUT2D eigenvalue weighted by Gasteiger charge is 2.35. The second-order valence-corrected chi connectivity index (χ2v) is 6.58. The lowest BCUT2D eigenvalue weighted by molar-refractivity contribution is -0.115. The molecule has 1 saturated carbocycles. The summed E-state index contributed by atoms with van der Waals surface area (Å²) >= 11 is 2.50. The van der Waals surface area contributed by atoms with Crippen LogP contribution in [0.1, 0.15) is 51.9 Å². The summed E-state index contributed by atoms with van der Waals surface area (Å²) in [5.41, 5.74) is 0.152. The largest absolute Gasteiger partial charge is 0.376 e. The van der Waals surface area contributed by atoms with Gasteiger partial charge in [-0.1, -0.05) is 42.4 Å². The minimum absolute atomic E-state index is 0.152. The second kappa shape index (κ2) is 6.71. The highest BCUT2D eigenvalue weighted by molar-refractivity contribution is 14.1. The van der Waals surface area contributed by atoms with Crippen molar-refractivity contribution in [1.29, 1.82) is 0 Å². The molecule has 2 aliphatic rings. The fourth-order valence-corrected chi connectivity index (χ4v) is 4.02. The molecule has 0 aromatic heterocycles. The minimum atomic E-state index is 0.152. The average Bonchev–Trinajstić information content (AvgIpc) is 2.38. The number of hydrogen-bond acceptors (Lipinski definition) is 2. The maximum Gasteiger partial charge on any atom is 0.0808 e. The van der Waals surface area contributed by atoms with Crippen molar-refractivity contribution in [2.75, 3.05) is 17.6 Å². The van der Waals surface area contributed by atoms with Gasteiger partial charge in [-0.25, -0.2) is 0 Å². The van der Waals surface area contributed by atoms with Crippen molar-refractivity contribution in [3.63, 3.8) is 0 Å². The van der Waals surface area contributed by atoms with Crippen LogP contribution < -0.4 is 0 Å². The topological polar surface area (TPSA) is 18.5 Å². The van der Waals surface area contributed by atoms with Crippen molar-refractivity contribution < 1.29 is 9.47 Å². The summed E-state index contributed by atoms with van der Waals surface area (Å²) in [6.07, 6.45) is 9.27. The van der Waals surface area contributed by atoms with E-state index in [1.165, 1.54) is 44.9 Å². The molecule has 1 aliphatic heterocycles. The predicted molar refractivity (Wildman–Crippen MR) is 78.8 cm³/mol. The smallest absolute Gasteiger partial charge is 0.0808 e. The molecule has 2 fully saturated rings. The Bertz CT molecular complexity index is 228. The normalized spacial score (nSPS) is 39.2. The number of hydrogen-bond donors (Lipinski definition) is 0. The molecular formula is C14H25IO2. The maximum atomic E-state index is 6.30. The second-order valence-electron chi connectivity index (χ2n) is 5.82. The Morgan fingerprint density at radius 3 is 2.82 bits per heavy atom. The third-order valence-electron chi connectivity index (χ3n) is 4.14. The molecule has 2 rings (SSSR count). The molecule has 1 heterocycles. The molecule has 0 aromatic carbocycles. The molecule has 17 heavy (non-hydrogen) atoms. The molecule has 0 aromatic rings. The third-order valence-corrected chi connectivity index (χ3v) is 5.53. The first kappa shape index (κ1) is 14.1. The number of ether oxygens (including phenoxy) is 2. The van der Waals surface area contributed by atoms with Crippen LogP contribution in [-0.2, 0) is 9.47 Å². The van der Waals surface area contributed by atoms with Crippen molar-refractivity contribution in [1.82, 2.24) is 0 Å². The summed E-state index contributed by atoms with van der Waals surface area (Å²) in [4.78, 5) is 0. The van der Waals surface area contributed by atoms with Gasteiger partial charge in [-0.3, -0.25) is 0 Å². The molecule has 3 heteroatoms. The molecular weight excluding hydrogens is 327 g/mol. The van der Waals surface area contributed by atoms with E-state index in [0.717, 1.165) is 23.6 Å². The van der Waals surface area contributed by atoms with Gasteiger partial charge in [-0.05, 0) is 38.0 Å². The van der Waals surface area contributed by atoms with Gasteiger partial charge in [0.2, 0.25) is 0 Å². The fourth-order valence-electron chi connectivity index (χ4n) is 3.11. The maximum absolute atomic E-state index is 6.30. The summed E-state index contributed by atoms with van der Waals surface area (Å²) in [6, 6.07) is 0. The molecule has 0 amide bonds. The van der Waals surface area contributed by atoms with Gasteiger partial charge < -0.3 is 9.47 Å². The molecule has 0 radical (unpaired) electrons. The number of alkyl halides is 1. The molecule has 0 bridgehead atoms. The Kier molecular flexibility index (Phi) is 5.55. The van der Waals surface area contributed by atoms with E-state index in [0.29, 0.717) is 6.10 Å². The summed E-state index contributed by atoms with van der Waals surface area (Å²) in [5, 5.41) is 0. The zero-order valence-corrected chi connectivity index (χ0v) is 13.1. The van der Waals surface area contributed by atoms with Crippen LogP contribution in [0, 0.1) is 5.92 Å². The fraction of sp³-hybridized carbons (Fsp3) is 1.00. The van der Waals surface area contributed by atoms with Crippen LogP contribution in [0.3, 0.4) is 0 Å². The summed E-state index contributed by atoms with van der Waals surface area (Å²) < 4.78 is 13.2. The lowest BCUT2D eigenvalue weighted by atomic mass is 9.80. The van der Waals surface area contributed by atoms with E-state index in [9.17, 15) is 0 Å². The molecule has 0 N–H and O–H groups in total. The van der Waals surface area contributed by atoms with E-state index < -0.39 is 0 Å². The standard InChI is InChI=1S/C14H25IO2/c1-12-5-4-7-14(9-12,11-15)17-10-13-6-2-3-8-16-13/h12-13H,2-11H2,1H3. The molecule has 3 unspecified atom stereocenters. The number of rotatable bonds is 4. The van der Waals surface area contributed by atoms with Gasteiger partial charge in [0.25, 0.3) is 0 Å². The van der Waals surface area contributed by atoms with Gasteiger partial charge in [0, 0.05) is 11.0 Å². The minimum Gasteiger partial charge on any atom is -0.376 e. The van der Waals surface area contributed by atoms with Crippen LogP contribution in [0.2, 0.25) is 0 Å². The van der Waals surface area contributed by atoms with E-state index >= 15 is 0 Å². The lowest BCUT2D eigenvalue weighted by Crippen LogP contribution is -2.42. The van der Waals surface area contributed by atoms with Gasteiger partial charge in [-0.2, -0.15) is 0 Å². The van der Waals surface area contributed by atoms with E-state index in [-0.39, 0.29) is 5.60 Å². The van der Waals surface area contributed by atoms with E-state index in [1.54, 1.807) is 0 Å². The molecule has 3 atom stereocenters. The van der Waals surface area contributed by atoms with Crippen LogP contribution >= 0.6 is 22.6 Å². The van der Waals surface area contributed by atoms with E-state index in [2.05, 4.69) is 29.5 Å². The Morgan fingerprint density at radius 2 is 2.18 bits per heavy atom. The van der Waals surface area contributed by atoms with Gasteiger partial charge in [-0.15, -0.1) is 0 Å². The van der Waals surface area contributed by atoms with Gasteiger partial charge in [0.05, 0.1) is 18.3 Å². The van der Waals surface area contributed by atoms with Crippen LogP contribution in [0.5, 0.6) is 0 Å². The zero-order valence-electron chi connectivity index (χ0n) is 10.9. The SMILES string of the molecule is CC1CCCC(CI)(OCC2CCCCO2)C1. The van der Waals surface area contributed by atoms with Gasteiger partial charge in [0.1, 0.15) is 0 Å². The van der Waals surface area contributed by atoms with Crippen molar-refractivity contribution >= 4 is 22.6 Å². The average molecular weight is 352 g/mol. The zero-order chi connectivity index (χ0) is 12.1. The van der Waals surface area contributed by atoms with Gasteiger partial charge in [0.15, 0.2) is 0 Å². The molecule has 1 saturated heterocycles. The summed E-state index contributed by atoms with van der Waals surface area (Å²) in [7, 11) is 0. The summed E-state index contributed by atoms with van der Waals surface area (Å²) in [5.74, 6) is 0.825. The molecule has 0 spiro atoms. The molecule has 2 nitrogen and oxygen atoms in total. The van der Waals surface area contributed by atoms with Crippen molar-refractivity contribution in [3.05, 3.63) is 0 Å². The van der Waals surface area contributed by atoms with E-state index in [4.69, 9.17) is 9.47 Å². The Balaban J connectivity index is 1.81.